The molecular weight excluding hydrogens is 334 g/mol. The molecule has 6 nitrogen and oxygen atoms in total. The molecule has 0 unspecified atom stereocenters. The lowest BCUT2D eigenvalue weighted by Crippen LogP contribution is -2.25. The van der Waals surface area contributed by atoms with Crippen molar-refractivity contribution in [1.29, 1.82) is 0 Å². The van der Waals surface area contributed by atoms with E-state index in [1.54, 1.807) is 23.5 Å². The number of nitrogens with one attached hydrogen (secondary N) is 1. The summed E-state index contributed by atoms with van der Waals surface area (Å²) in [6.07, 6.45) is 0.933. The predicted octanol–water partition coefficient (Wildman–Crippen LogP) is 2.94. The molecule has 2 aromatic heterocycles. The Morgan fingerprint density at radius 3 is 2.72 bits per heavy atom. The number of carbonyl (C=O) groups is 1. The van der Waals surface area contributed by atoms with Crippen molar-refractivity contribution < 1.29 is 4.79 Å². The van der Waals surface area contributed by atoms with E-state index in [0.717, 1.165) is 47.6 Å². The molecular formula is C18H19N5OS. The molecule has 128 valence electrons. The van der Waals surface area contributed by atoms with Gasteiger partial charge in [0.2, 0.25) is 0 Å². The van der Waals surface area contributed by atoms with Gasteiger partial charge >= 0.3 is 0 Å². The lowest BCUT2D eigenvalue weighted by atomic mass is 10.1. The smallest absolute Gasteiger partial charge is 0.257 e. The van der Waals surface area contributed by atoms with Crippen LogP contribution in [0.1, 0.15) is 32.3 Å². The van der Waals surface area contributed by atoms with Crippen LogP contribution in [-0.2, 0) is 13.0 Å². The molecule has 0 radical (unpaired) electrons. The standard InChI is InChI=1S/C18H19N5OS/c1-10-11(2)20-15-8-12(4-5-13(15)19-10)17(24)22-18-21-14-6-7-23(3)9-16(14)25-18/h4-5,8H,6-7,9H2,1-3H3,(H,21,22,24). The van der Waals surface area contributed by atoms with Gasteiger partial charge in [-0.3, -0.25) is 10.1 Å². The molecule has 1 aromatic carbocycles. The minimum absolute atomic E-state index is 0.165. The molecule has 0 bridgehead atoms. The molecule has 1 N–H and O–H groups in total. The third-order valence-corrected chi connectivity index (χ3v) is 5.48. The van der Waals surface area contributed by atoms with E-state index in [2.05, 4.69) is 32.2 Å². The number of rotatable bonds is 2. The van der Waals surface area contributed by atoms with Crippen LogP contribution in [0.2, 0.25) is 0 Å². The van der Waals surface area contributed by atoms with Crippen molar-refractivity contribution in [2.75, 3.05) is 18.9 Å². The first-order valence-corrected chi connectivity index (χ1v) is 9.05. The highest BCUT2D eigenvalue weighted by Crippen LogP contribution is 2.28. The average molecular weight is 353 g/mol. The number of benzene rings is 1. The maximum absolute atomic E-state index is 12.6. The maximum Gasteiger partial charge on any atom is 0.257 e. The highest BCUT2D eigenvalue weighted by Gasteiger charge is 2.19. The van der Waals surface area contributed by atoms with Gasteiger partial charge in [0.25, 0.3) is 5.91 Å². The third kappa shape index (κ3) is 3.12. The second kappa shape index (κ2) is 6.16. The van der Waals surface area contributed by atoms with Crippen LogP contribution in [0.5, 0.6) is 0 Å². The minimum Gasteiger partial charge on any atom is -0.301 e. The van der Waals surface area contributed by atoms with Crippen LogP contribution in [0.4, 0.5) is 5.13 Å². The molecule has 0 saturated carbocycles. The van der Waals surface area contributed by atoms with Crippen molar-refractivity contribution in [3.8, 4) is 0 Å². The Bertz CT molecular complexity index is 981. The summed E-state index contributed by atoms with van der Waals surface area (Å²) in [5.74, 6) is -0.165. The molecule has 0 fully saturated rings. The van der Waals surface area contributed by atoms with Gasteiger partial charge in [0.1, 0.15) is 0 Å². The summed E-state index contributed by atoms with van der Waals surface area (Å²) >= 11 is 1.56. The second-order valence-electron chi connectivity index (χ2n) is 6.43. The summed E-state index contributed by atoms with van der Waals surface area (Å²) in [5, 5.41) is 3.59. The molecule has 0 aliphatic carbocycles. The first kappa shape index (κ1) is 16.1. The van der Waals surface area contributed by atoms with Crippen molar-refractivity contribution in [2.45, 2.75) is 26.8 Å². The highest BCUT2D eigenvalue weighted by atomic mass is 32.1. The van der Waals surface area contributed by atoms with E-state index in [1.165, 1.54) is 4.88 Å². The van der Waals surface area contributed by atoms with E-state index >= 15 is 0 Å². The monoisotopic (exact) mass is 353 g/mol. The van der Waals surface area contributed by atoms with E-state index in [9.17, 15) is 4.79 Å². The molecule has 3 heterocycles. The summed E-state index contributed by atoms with van der Waals surface area (Å²) < 4.78 is 0. The lowest BCUT2D eigenvalue weighted by Gasteiger charge is -2.20. The fourth-order valence-electron chi connectivity index (χ4n) is 2.92. The van der Waals surface area contributed by atoms with Crippen LogP contribution in [0.15, 0.2) is 18.2 Å². The quantitative estimate of drug-likeness (QED) is 0.767. The molecule has 7 heteroatoms. The summed E-state index contributed by atoms with van der Waals surface area (Å²) in [4.78, 5) is 29.7. The number of hydrogen-bond acceptors (Lipinski definition) is 6. The first-order chi connectivity index (χ1) is 12.0. The fraction of sp³-hybridized carbons (Fsp3) is 0.333. The Labute approximate surface area is 149 Å². The number of anilines is 1. The average Bonchev–Trinajstić information content (AvgIpc) is 2.96. The largest absolute Gasteiger partial charge is 0.301 e. The molecule has 25 heavy (non-hydrogen) atoms. The van der Waals surface area contributed by atoms with Crippen molar-refractivity contribution >= 4 is 33.4 Å². The summed E-state index contributed by atoms with van der Waals surface area (Å²) in [5.41, 5.74) is 4.98. The van der Waals surface area contributed by atoms with E-state index in [1.807, 2.05) is 19.9 Å². The summed E-state index contributed by atoms with van der Waals surface area (Å²) in [6, 6.07) is 5.40. The Morgan fingerprint density at radius 1 is 1.16 bits per heavy atom. The highest BCUT2D eigenvalue weighted by molar-refractivity contribution is 7.15. The van der Waals surface area contributed by atoms with E-state index < -0.39 is 0 Å². The summed E-state index contributed by atoms with van der Waals surface area (Å²) in [6.45, 7) is 5.76. The van der Waals surface area contributed by atoms with E-state index in [0.29, 0.717) is 10.7 Å². The zero-order valence-electron chi connectivity index (χ0n) is 14.5. The molecule has 1 aliphatic rings. The summed E-state index contributed by atoms with van der Waals surface area (Å²) in [7, 11) is 2.10. The van der Waals surface area contributed by atoms with Gasteiger partial charge in [-0.05, 0) is 39.1 Å². The van der Waals surface area contributed by atoms with Gasteiger partial charge < -0.3 is 4.90 Å². The van der Waals surface area contributed by atoms with Gasteiger partial charge in [-0.15, -0.1) is 11.3 Å². The van der Waals surface area contributed by atoms with Gasteiger partial charge in [0, 0.05) is 30.0 Å². The van der Waals surface area contributed by atoms with Crippen LogP contribution in [0.25, 0.3) is 11.0 Å². The van der Waals surface area contributed by atoms with Crippen LogP contribution >= 0.6 is 11.3 Å². The van der Waals surface area contributed by atoms with Crippen LogP contribution in [-0.4, -0.2) is 39.4 Å². The fourth-order valence-corrected chi connectivity index (χ4v) is 4.00. The van der Waals surface area contributed by atoms with Crippen LogP contribution in [0, 0.1) is 13.8 Å². The predicted molar refractivity (Wildman–Crippen MR) is 99.1 cm³/mol. The SMILES string of the molecule is Cc1nc2ccc(C(=O)Nc3nc4c(s3)CN(C)CC4)cc2nc1C. The van der Waals surface area contributed by atoms with Gasteiger partial charge in [0.15, 0.2) is 5.13 Å². The number of thiazole rings is 1. The van der Waals surface area contributed by atoms with E-state index in [4.69, 9.17) is 0 Å². The molecule has 3 aromatic rings. The Hall–Kier alpha value is -2.38. The van der Waals surface area contributed by atoms with Gasteiger partial charge in [0.05, 0.1) is 28.1 Å². The van der Waals surface area contributed by atoms with E-state index in [-0.39, 0.29) is 5.91 Å². The molecule has 1 aliphatic heterocycles. The van der Waals surface area contributed by atoms with Crippen molar-refractivity contribution in [3.63, 3.8) is 0 Å². The minimum atomic E-state index is -0.165. The van der Waals surface area contributed by atoms with Crippen molar-refractivity contribution in [3.05, 3.63) is 45.7 Å². The topological polar surface area (TPSA) is 71.0 Å². The number of aryl methyl sites for hydroxylation is 2. The molecule has 0 spiro atoms. The molecule has 0 atom stereocenters. The molecule has 4 rings (SSSR count). The Kier molecular flexibility index (Phi) is 3.97. The Balaban J connectivity index is 1.59. The van der Waals surface area contributed by atoms with Crippen LogP contribution in [0.3, 0.4) is 0 Å². The van der Waals surface area contributed by atoms with Gasteiger partial charge in [-0.2, -0.15) is 0 Å². The number of aromatic nitrogens is 3. The van der Waals surface area contributed by atoms with Gasteiger partial charge in [-0.1, -0.05) is 0 Å². The van der Waals surface area contributed by atoms with Gasteiger partial charge in [-0.25, -0.2) is 15.0 Å². The second-order valence-corrected chi connectivity index (χ2v) is 7.51. The lowest BCUT2D eigenvalue weighted by molar-refractivity contribution is 0.102. The normalized spacial score (nSPS) is 14.5. The van der Waals surface area contributed by atoms with Crippen LogP contribution < -0.4 is 5.32 Å². The Morgan fingerprint density at radius 2 is 1.92 bits per heavy atom. The number of amides is 1. The third-order valence-electron chi connectivity index (χ3n) is 4.48. The number of fused-ring (bicyclic) bond motifs is 2. The van der Waals surface area contributed by atoms with Crippen molar-refractivity contribution in [2.24, 2.45) is 0 Å². The molecule has 1 amide bonds. The number of nitrogens with zero attached hydrogens (tertiary/aromatic N) is 4. The maximum atomic E-state index is 12.6. The first-order valence-electron chi connectivity index (χ1n) is 8.23. The number of hydrogen-bond donors (Lipinski definition) is 1. The zero-order chi connectivity index (χ0) is 17.6. The number of likely N-dealkylation sites (N-methyl/N-ethyl adjacent to an activating group) is 1. The molecule has 0 saturated heterocycles. The van der Waals surface area contributed by atoms with Crippen molar-refractivity contribution in [1.82, 2.24) is 19.9 Å². The number of carbonyl (C=O) groups excluding carboxylic acids is 1. The zero-order valence-corrected chi connectivity index (χ0v) is 15.3.